The fraction of sp³-hybridized carbons (Fsp3) is 0.111. The number of nitrogens with zero attached hydrogens (tertiary/aromatic N) is 3. The highest BCUT2D eigenvalue weighted by molar-refractivity contribution is 5.62. The van der Waals surface area contributed by atoms with Gasteiger partial charge in [0.1, 0.15) is 5.82 Å². The van der Waals surface area contributed by atoms with Gasteiger partial charge in [0.15, 0.2) is 0 Å². The van der Waals surface area contributed by atoms with Crippen LogP contribution in [0.15, 0.2) is 54.8 Å². The smallest absolute Gasteiger partial charge is 0.144 e. The van der Waals surface area contributed by atoms with Gasteiger partial charge in [-0.2, -0.15) is 5.26 Å². The number of aromatic nitrogens is 2. The van der Waals surface area contributed by atoms with Crippen LogP contribution in [0.4, 0.5) is 0 Å². The van der Waals surface area contributed by atoms with E-state index in [-0.39, 0.29) is 22.6 Å². The van der Waals surface area contributed by atoms with Crippen molar-refractivity contribution in [2.45, 2.75) is 13.7 Å². The van der Waals surface area contributed by atoms with Crippen LogP contribution in [0.1, 0.15) is 27.7 Å². The molecular formula is C18H15N3. The van der Waals surface area contributed by atoms with Crippen LogP contribution in [-0.4, -0.2) is 9.55 Å². The molecule has 0 N–H and O–H groups in total. The Balaban J connectivity index is 2.42. The number of nitriles is 1. The quantitative estimate of drug-likeness (QED) is 0.711. The van der Waals surface area contributed by atoms with E-state index in [2.05, 4.69) is 4.98 Å². The summed E-state index contributed by atoms with van der Waals surface area (Å²) in [7, 11) is 0. The molecule has 0 amide bonds. The third-order valence-corrected chi connectivity index (χ3v) is 3.07. The molecule has 0 unspecified atom stereocenters. The van der Waals surface area contributed by atoms with Crippen molar-refractivity contribution < 1.29 is 11.0 Å². The molecule has 102 valence electrons. The highest BCUT2D eigenvalue weighted by Crippen LogP contribution is 2.25. The van der Waals surface area contributed by atoms with E-state index in [1.807, 2.05) is 6.07 Å². The molecule has 3 aromatic rings. The lowest BCUT2D eigenvalue weighted by atomic mass is 10.1. The van der Waals surface area contributed by atoms with Gasteiger partial charge in [0.25, 0.3) is 0 Å². The Morgan fingerprint density at radius 2 is 1.86 bits per heavy atom. The Hall–Kier alpha value is -2.86. The molecule has 0 saturated heterocycles. The number of benzene rings is 2. The molecule has 0 atom stereocenters. The number of imidazole rings is 1. The summed E-state index contributed by atoms with van der Waals surface area (Å²) in [5, 5.41) is 8.98. The first kappa shape index (κ1) is 6.73. The topological polar surface area (TPSA) is 41.6 Å². The number of rotatable bonds is 2. The van der Waals surface area contributed by atoms with Crippen LogP contribution in [0, 0.1) is 25.0 Å². The molecule has 3 rings (SSSR count). The minimum Gasteiger partial charge on any atom is -0.299 e. The van der Waals surface area contributed by atoms with E-state index in [0.717, 1.165) is 4.57 Å². The molecule has 0 aliphatic heterocycles. The maximum absolute atomic E-state index is 8.98. The van der Waals surface area contributed by atoms with E-state index in [4.69, 9.17) is 16.2 Å². The number of aryl methyl sites for hydroxylation is 2. The minimum absolute atomic E-state index is 0.0479. The third kappa shape index (κ3) is 2.32. The van der Waals surface area contributed by atoms with Crippen molar-refractivity contribution in [1.29, 1.82) is 5.26 Å². The Bertz CT molecular complexity index is 1070. The summed E-state index contributed by atoms with van der Waals surface area (Å²) in [6, 6.07) is 12.0. The highest BCUT2D eigenvalue weighted by Gasteiger charge is 2.11. The molecule has 0 spiro atoms. The van der Waals surface area contributed by atoms with E-state index in [1.165, 1.54) is 30.3 Å². The number of hydrogen-bond acceptors (Lipinski definition) is 2. The summed E-state index contributed by atoms with van der Waals surface area (Å²) in [6.07, 6.45) is -0.868. The standard InChI is InChI=1S/C18H15N3/c1-13-4-3-5-14(2)17(13)21-11-10-20-18(21)16-8-6-15(12-19)7-9-16/h3-11H,1-2H3/i1D3,2D3,10D,11D. The first-order chi connectivity index (χ1) is 13.4. The molecule has 0 saturated carbocycles. The van der Waals surface area contributed by atoms with Crippen molar-refractivity contribution >= 4 is 0 Å². The van der Waals surface area contributed by atoms with E-state index < -0.39 is 26.0 Å². The van der Waals surface area contributed by atoms with Gasteiger partial charge < -0.3 is 0 Å². The van der Waals surface area contributed by atoms with E-state index in [1.54, 1.807) is 12.1 Å². The lowest BCUT2D eigenvalue weighted by Crippen LogP contribution is -2.01. The van der Waals surface area contributed by atoms with Gasteiger partial charge in [-0.05, 0) is 49.1 Å². The van der Waals surface area contributed by atoms with Crippen LogP contribution in [0.25, 0.3) is 17.1 Å². The van der Waals surface area contributed by atoms with Gasteiger partial charge in [-0.3, -0.25) is 4.57 Å². The van der Waals surface area contributed by atoms with Crippen LogP contribution in [0.5, 0.6) is 0 Å². The molecule has 0 aliphatic rings. The average Bonchev–Trinajstić information content (AvgIpc) is 2.94. The van der Waals surface area contributed by atoms with E-state index >= 15 is 0 Å². The van der Waals surface area contributed by atoms with Gasteiger partial charge in [-0.25, -0.2) is 4.98 Å². The number of para-hydroxylation sites is 1. The largest absolute Gasteiger partial charge is 0.299 e. The SMILES string of the molecule is [2H]c1nc(-c2ccc(C#N)cc2)n(-c2c(C([2H])([2H])[2H])cccc2C([2H])([2H])[2H])c1[2H]. The zero-order chi connectivity index (χ0) is 21.6. The molecule has 21 heavy (non-hydrogen) atoms. The fourth-order valence-electron chi connectivity index (χ4n) is 2.06. The van der Waals surface area contributed by atoms with Crippen molar-refractivity contribution in [2.75, 3.05) is 0 Å². The molecule has 0 fully saturated rings. The average molecular weight is 281 g/mol. The molecule has 1 heterocycles. The Kier molecular flexibility index (Phi) is 1.69. The molecule has 1 aromatic heterocycles. The van der Waals surface area contributed by atoms with Crippen molar-refractivity contribution in [3.8, 4) is 23.1 Å². The molecule has 2 aromatic carbocycles. The predicted octanol–water partition coefficient (Wildman–Crippen LogP) is 4.03. The Morgan fingerprint density at radius 3 is 2.48 bits per heavy atom. The van der Waals surface area contributed by atoms with Gasteiger partial charge in [0.2, 0.25) is 0 Å². The summed E-state index contributed by atoms with van der Waals surface area (Å²) in [5.41, 5.74) is 0.0738. The molecule has 3 nitrogen and oxygen atoms in total. The molecule has 0 bridgehead atoms. The second-order valence-electron chi connectivity index (χ2n) is 4.39. The van der Waals surface area contributed by atoms with E-state index in [9.17, 15) is 0 Å². The highest BCUT2D eigenvalue weighted by atomic mass is 15.1. The zero-order valence-corrected chi connectivity index (χ0v) is 10.9. The third-order valence-electron chi connectivity index (χ3n) is 3.07. The van der Waals surface area contributed by atoms with Crippen molar-refractivity contribution in [3.05, 3.63) is 71.5 Å². The maximum Gasteiger partial charge on any atom is 0.144 e. The van der Waals surface area contributed by atoms with Gasteiger partial charge in [0, 0.05) is 26.1 Å². The molecule has 0 radical (unpaired) electrons. The molecule has 3 heteroatoms. The predicted molar refractivity (Wildman–Crippen MR) is 83.2 cm³/mol. The van der Waals surface area contributed by atoms with Crippen LogP contribution in [0.3, 0.4) is 0 Å². The number of hydrogen-bond donors (Lipinski definition) is 0. The fourth-order valence-corrected chi connectivity index (χ4v) is 2.06. The molecule has 0 aliphatic carbocycles. The van der Waals surface area contributed by atoms with Gasteiger partial charge in [-0.15, -0.1) is 0 Å². The van der Waals surface area contributed by atoms with E-state index in [0.29, 0.717) is 11.1 Å². The van der Waals surface area contributed by atoms with Gasteiger partial charge >= 0.3 is 0 Å². The van der Waals surface area contributed by atoms with Crippen molar-refractivity contribution in [1.82, 2.24) is 9.55 Å². The van der Waals surface area contributed by atoms with Crippen LogP contribution < -0.4 is 0 Å². The zero-order valence-electron chi connectivity index (χ0n) is 18.9. The Labute approximate surface area is 135 Å². The molecular weight excluding hydrogens is 258 g/mol. The normalized spacial score (nSPS) is 17.1. The maximum atomic E-state index is 8.98. The van der Waals surface area contributed by atoms with Crippen molar-refractivity contribution in [2.24, 2.45) is 0 Å². The van der Waals surface area contributed by atoms with Crippen molar-refractivity contribution in [3.63, 3.8) is 0 Å². The summed E-state index contributed by atoms with van der Waals surface area (Å²) in [5.74, 6) is 0.0479. The minimum atomic E-state index is -2.66. The van der Waals surface area contributed by atoms with Crippen LogP contribution >= 0.6 is 0 Å². The summed E-state index contributed by atoms with van der Waals surface area (Å²) in [4.78, 5) is 4.05. The summed E-state index contributed by atoms with van der Waals surface area (Å²) < 4.78 is 64.4. The Morgan fingerprint density at radius 1 is 1.14 bits per heavy atom. The lowest BCUT2D eigenvalue weighted by Gasteiger charge is -2.13. The second kappa shape index (κ2) is 5.26. The van der Waals surface area contributed by atoms with Gasteiger partial charge in [0.05, 0.1) is 20.1 Å². The first-order valence-corrected chi connectivity index (χ1v) is 6.16. The van der Waals surface area contributed by atoms with Gasteiger partial charge in [-0.1, -0.05) is 18.2 Å². The summed E-state index contributed by atoms with van der Waals surface area (Å²) in [6.45, 7) is -5.31. The lowest BCUT2D eigenvalue weighted by molar-refractivity contribution is 1.03. The summed E-state index contributed by atoms with van der Waals surface area (Å²) >= 11 is 0. The monoisotopic (exact) mass is 281 g/mol. The van der Waals surface area contributed by atoms with Crippen LogP contribution in [-0.2, 0) is 0 Å². The first-order valence-electron chi connectivity index (χ1n) is 10.2. The second-order valence-corrected chi connectivity index (χ2v) is 4.39. The van der Waals surface area contributed by atoms with Crippen LogP contribution in [0.2, 0.25) is 0 Å².